The van der Waals surface area contributed by atoms with Gasteiger partial charge in [-0.3, -0.25) is 0 Å². The zero-order chi connectivity index (χ0) is 14.4. The van der Waals surface area contributed by atoms with Crippen molar-refractivity contribution in [3.63, 3.8) is 0 Å². The van der Waals surface area contributed by atoms with Gasteiger partial charge in [0.2, 0.25) is 0 Å². The lowest BCUT2D eigenvalue weighted by molar-refractivity contribution is 0.304. The third-order valence-corrected chi connectivity index (χ3v) is 2.86. The Morgan fingerprint density at radius 1 is 1.20 bits per heavy atom. The maximum Gasteiger partial charge on any atom is 0.145 e. The summed E-state index contributed by atoms with van der Waals surface area (Å²) in [6.45, 7) is 0.657. The predicted molar refractivity (Wildman–Crippen MR) is 78.1 cm³/mol. The van der Waals surface area contributed by atoms with Crippen LogP contribution in [0.15, 0.2) is 42.5 Å². The number of halogens is 2. The van der Waals surface area contributed by atoms with Gasteiger partial charge in [-0.05, 0) is 29.8 Å². The molecule has 2 aromatic carbocycles. The summed E-state index contributed by atoms with van der Waals surface area (Å²) < 4.78 is 18.8. The van der Waals surface area contributed by atoms with Gasteiger partial charge in [0, 0.05) is 11.6 Å². The summed E-state index contributed by atoms with van der Waals surface area (Å²) in [6, 6.07) is 12.0. The van der Waals surface area contributed by atoms with E-state index in [9.17, 15) is 4.39 Å². The molecular weight excluding hydrogens is 277 g/mol. The molecule has 20 heavy (non-hydrogen) atoms. The van der Waals surface area contributed by atoms with Crippen LogP contribution in [0.5, 0.6) is 5.75 Å². The third-order valence-electron chi connectivity index (χ3n) is 2.56. The van der Waals surface area contributed by atoms with Crippen molar-refractivity contribution < 1.29 is 9.13 Å². The molecule has 0 aliphatic carbocycles. The highest BCUT2D eigenvalue weighted by atomic mass is 35.5. The van der Waals surface area contributed by atoms with Crippen molar-refractivity contribution in [3.8, 4) is 17.6 Å². The number of ether oxygens (including phenoxy) is 1. The minimum Gasteiger partial charge on any atom is -0.489 e. The average Bonchev–Trinajstić information content (AvgIpc) is 2.47. The van der Waals surface area contributed by atoms with Crippen LogP contribution in [0.4, 0.5) is 4.39 Å². The second kappa shape index (κ2) is 6.95. The summed E-state index contributed by atoms with van der Waals surface area (Å²) in [5, 5.41) is 0.0800. The Kier molecular flexibility index (Phi) is 5.00. The fraction of sp³-hybridized carbons (Fsp3) is 0.125. The highest BCUT2D eigenvalue weighted by Crippen LogP contribution is 2.21. The van der Waals surface area contributed by atoms with Gasteiger partial charge in [-0.25, -0.2) is 4.39 Å². The van der Waals surface area contributed by atoms with Gasteiger partial charge in [0.15, 0.2) is 0 Å². The van der Waals surface area contributed by atoms with Crippen LogP contribution in [0.2, 0.25) is 5.02 Å². The number of hydrogen-bond acceptors (Lipinski definition) is 2. The molecule has 0 unspecified atom stereocenters. The Balaban J connectivity index is 2.05. The van der Waals surface area contributed by atoms with Crippen LogP contribution in [0.1, 0.15) is 11.1 Å². The monoisotopic (exact) mass is 289 g/mol. The van der Waals surface area contributed by atoms with E-state index < -0.39 is 5.82 Å². The molecule has 0 saturated heterocycles. The van der Waals surface area contributed by atoms with Gasteiger partial charge in [-0.15, -0.1) is 0 Å². The quantitative estimate of drug-likeness (QED) is 0.879. The molecule has 0 aliphatic rings. The highest BCUT2D eigenvalue weighted by molar-refractivity contribution is 6.30. The van der Waals surface area contributed by atoms with E-state index in [0.29, 0.717) is 18.9 Å². The third kappa shape index (κ3) is 3.99. The number of hydrogen-bond donors (Lipinski definition) is 1. The molecule has 0 bridgehead atoms. The molecule has 0 atom stereocenters. The number of rotatable bonds is 3. The van der Waals surface area contributed by atoms with E-state index >= 15 is 0 Å². The molecule has 4 heteroatoms. The first kappa shape index (κ1) is 14.4. The van der Waals surface area contributed by atoms with E-state index in [0.717, 1.165) is 11.1 Å². The van der Waals surface area contributed by atoms with Crippen LogP contribution >= 0.6 is 11.6 Å². The van der Waals surface area contributed by atoms with E-state index in [1.165, 1.54) is 12.1 Å². The van der Waals surface area contributed by atoms with Crippen molar-refractivity contribution in [2.75, 3.05) is 6.54 Å². The molecule has 102 valence electrons. The van der Waals surface area contributed by atoms with Gasteiger partial charge in [0.25, 0.3) is 0 Å². The number of nitrogens with two attached hydrogens (primary N) is 1. The first-order valence-corrected chi connectivity index (χ1v) is 6.42. The molecule has 0 saturated carbocycles. The van der Waals surface area contributed by atoms with E-state index in [4.69, 9.17) is 22.1 Å². The second-order valence-corrected chi connectivity index (χ2v) is 4.48. The maximum absolute atomic E-state index is 13.3. The van der Waals surface area contributed by atoms with E-state index in [1.807, 2.05) is 24.3 Å². The fourth-order valence-electron chi connectivity index (χ4n) is 1.63. The standard InChI is InChI=1S/C16H13ClFNO/c17-15-7-6-14(10-16(15)18)20-11-13-4-1-3-12(9-13)5-2-8-19/h1,3-4,6-7,9-10H,8,11,19H2. The summed E-state index contributed by atoms with van der Waals surface area (Å²) in [7, 11) is 0. The molecular formula is C16H13ClFNO. The first-order valence-electron chi connectivity index (χ1n) is 6.05. The lowest BCUT2D eigenvalue weighted by Crippen LogP contribution is -1.97. The van der Waals surface area contributed by atoms with Gasteiger partial charge in [-0.1, -0.05) is 35.6 Å². The summed E-state index contributed by atoms with van der Waals surface area (Å²) in [5.41, 5.74) is 7.15. The van der Waals surface area contributed by atoms with Gasteiger partial charge >= 0.3 is 0 Å². The molecule has 0 spiro atoms. The second-order valence-electron chi connectivity index (χ2n) is 4.07. The molecule has 0 heterocycles. The van der Waals surface area contributed by atoms with E-state index in [-0.39, 0.29) is 5.02 Å². The number of benzene rings is 2. The van der Waals surface area contributed by atoms with Crippen molar-refractivity contribution in [1.29, 1.82) is 0 Å². The smallest absolute Gasteiger partial charge is 0.145 e. The van der Waals surface area contributed by atoms with Crippen molar-refractivity contribution in [2.24, 2.45) is 5.73 Å². The largest absolute Gasteiger partial charge is 0.489 e. The molecule has 2 nitrogen and oxygen atoms in total. The van der Waals surface area contributed by atoms with Crippen LogP contribution in [0.3, 0.4) is 0 Å². The van der Waals surface area contributed by atoms with Crippen molar-refractivity contribution in [1.82, 2.24) is 0 Å². The predicted octanol–water partition coefficient (Wildman–Crippen LogP) is 3.37. The van der Waals surface area contributed by atoms with Crippen LogP contribution in [-0.2, 0) is 6.61 Å². The van der Waals surface area contributed by atoms with Crippen LogP contribution in [0, 0.1) is 17.7 Å². The Morgan fingerprint density at radius 3 is 2.80 bits per heavy atom. The Labute approximate surface area is 122 Å². The Morgan fingerprint density at radius 2 is 2.05 bits per heavy atom. The average molecular weight is 290 g/mol. The summed E-state index contributed by atoms with van der Waals surface area (Å²) in [4.78, 5) is 0. The molecule has 0 aliphatic heterocycles. The SMILES string of the molecule is NCC#Cc1cccc(COc2ccc(Cl)c(F)c2)c1. The molecule has 2 aromatic rings. The Bertz CT molecular complexity index is 661. The highest BCUT2D eigenvalue weighted by Gasteiger charge is 2.02. The van der Waals surface area contributed by atoms with Gasteiger partial charge in [-0.2, -0.15) is 0 Å². The van der Waals surface area contributed by atoms with E-state index in [2.05, 4.69) is 11.8 Å². The topological polar surface area (TPSA) is 35.2 Å². The maximum atomic E-state index is 13.3. The fourth-order valence-corrected chi connectivity index (χ4v) is 1.74. The van der Waals surface area contributed by atoms with Gasteiger partial charge in [0.1, 0.15) is 18.2 Å². The van der Waals surface area contributed by atoms with Gasteiger partial charge in [0.05, 0.1) is 11.6 Å². The normalized spacial score (nSPS) is 9.75. The molecule has 0 aromatic heterocycles. The lowest BCUT2D eigenvalue weighted by atomic mass is 10.1. The first-order chi connectivity index (χ1) is 9.69. The molecule has 2 N–H and O–H groups in total. The molecule has 0 amide bonds. The van der Waals surface area contributed by atoms with Crippen molar-refractivity contribution in [2.45, 2.75) is 6.61 Å². The molecule has 0 radical (unpaired) electrons. The lowest BCUT2D eigenvalue weighted by Gasteiger charge is -2.07. The summed E-state index contributed by atoms with van der Waals surface area (Å²) in [6.07, 6.45) is 0. The van der Waals surface area contributed by atoms with Crippen molar-refractivity contribution in [3.05, 3.63) is 64.4 Å². The van der Waals surface area contributed by atoms with Crippen LogP contribution in [0.25, 0.3) is 0 Å². The minimum absolute atomic E-state index is 0.0800. The molecule has 2 rings (SSSR count). The van der Waals surface area contributed by atoms with Crippen molar-refractivity contribution >= 4 is 11.6 Å². The zero-order valence-electron chi connectivity index (χ0n) is 10.7. The van der Waals surface area contributed by atoms with Gasteiger partial charge < -0.3 is 10.5 Å². The zero-order valence-corrected chi connectivity index (χ0v) is 11.5. The summed E-state index contributed by atoms with van der Waals surface area (Å²) in [5.74, 6) is 5.69. The minimum atomic E-state index is -0.494. The van der Waals surface area contributed by atoms with E-state index in [1.54, 1.807) is 6.07 Å². The molecule has 0 fully saturated rings. The summed E-state index contributed by atoms with van der Waals surface area (Å²) >= 11 is 5.61. The van der Waals surface area contributed by atoms with Crippen LogP contribution in [-0.4, -0.2) is 6.54 Å². The van der Waals surface area contributed by atoms with Crippen LogP contribution < -0.4 is 10.5 Å². The Hall–Kier alpha value is -2.02.